The van der Waals surface area contributed by atoms with Gasteiger partial charge in [-0.25, -0.2) is 9.67 Å². The summed E-state index contributed by atoms with van der Waals surface area (Å²) in [7, 11) is 0. The minimum atomic E-state index is -1.05. The zero-order valence-electron chi connectivity index (χ0n) is 11.6. The molecule has 2 heterocycles. The number of anilines is 1. The zero-order chi connectivity index (χ0) is 15.2. The highest BCUT2D eigenvalue weighted by Crippen LogP contribution is 2.30. The molecule has 21 heavy (non-hydrogen) atoms. The van der Waals surface area contributed by atoms with E-state index < -0.39 is 5.60 Å². The number of hydrogen-bond acceptors (Lipinski definition) is 5. The van der Waals surface area contributed by atoms with E-state index in [1.807, 2.05) is 18.2 Å². The molecule has 0 saturated carbocycles. The van der Waals surface area contributed by atoms with Gasteiger partial charge in [0.1, 0.15) is 11.3 Å². The van der Waals surface area contributed by atoms with Gasteiger partial charge in [0.2, 0.25) is 5.95 Å². The molecule has 0 aliphatic heterocycles. The van der Waals surface area contributed by atoms with E-state index in [0.717, 1.165) is 14.5 Å². The van der Waals surface area contributed by atoms with Crippen molar-refractivity contribution in [2.45, 2.75) is 19.4 Å². The number of benzene rings is 1. The second kappa shape index (κ2) is 4.92. The minimum absolute atomic E-state index is 0.187. The first kappa shape index (κ1) is 14.2. The quantitative estimate of drug-likeness (QED) is 0.650. The lowest BCUT2D eigenvalue weighted by Gasteiger charge is -2.14. The maximum absolute atomic E-state index is 10.3. The van der Waals surface area contributed by atoms with Crippen molar-refractivity contribution in [1.29, 1.82) is 0 Å². The standard InChI is InChI=1S/C14H14IN5O/c1-14(2,21)12-9-4-3-8(15)7-10(9)20(19-12)11-5-6-17-13(16)18-11/h3-7,21H,1-2H3,(H2,16,17,18). The number of halogens is 1. The van der Waals surface area contributed by atoms with Crippen LogP contribution in [0.4, 0.5) is 5.95 Å². The molecule has 3 N–H and O–H groups in total. The van der Waals surface area contributed by atoms with Crippen LogP contribution in [0.5, 0.6) is 0 Å². The Bertz CT molecular complexity index is 822. The van der Waals surface area contributed by atoms with E-state index in [-0.39, 0.29) is 5.95 Å². The van der Waals surface area contributed by atoms with Gasteiger partial charge in [0.25, 0.3) is 0 Å². The summed E-state index contributed by atoms with van der Waals surface area (Å²) in [6.07, 6.45) is 1.59. The Morgan fingerprint density at radius 2 is 2.05 bits per heavy atom. The van der Waals surface area contributed by atoms with Crippen LogP contribution < -0.4 is 5.73 Å². The second-order valence-electron chi connectivity index (χ2n) is 5.25. The summed E-state index contributed by atoms with van der Waals surface area (Å²) in [4.78, 5) is 8.09. The first-order valence-corrected chi connectivity index (χ1v) is 7.44. The molecule has 6 nitrogen and oxygen atoms in total. The van der Waals surface area contributed by atoms with Gasteiger partial charge in [0, 0.05) is 21.2 Å². The average molecular weight is 395 g/mol. The molecular formula is C14H14IN5O. The summed E-state index contributed by atoms with van der Waals surface area (Å²) in [6, 6.07) is 7.67. The van der Waals surface area contributed by atoms with Crippen molar-refractivity contribution in [3.63, 3.8) is 0 Å². The second-order valence-corrected chi connectivity index (χ2v) is 6.50. The fourth-order valence-corrected chi connectivity index (χ4v) is 2.67. The lowest BCUT2D eigenvalue weighted by atomic mass is 10.0. The van der Waals surface area contributed by atoms with Crippen LogP contribution in [0.1, 0.15) is 19.5 Å². The van der Waals surface area contributed by atoms with Crippen molar-refractivity contribution in [2.75, 3.05) is 5.73 Å². The van der Waals surface area contributed by atoms with E-state index in [9.17, 15) is 5.11 Å². The molecule has 7 heteroatoms. The monoisotopic (exact) mass is 395 g/mol. The van der Waals surface area contributed by atoms with E-state index >= 15 is 0 Å². The first-order valence-electron chi connectivity index (χ1n) is 6.36. The molecule has 3 rings (SSSR count). The number of nitrogens with two attached hydrogens (primary N) is 1. The maximum atomic E-state index is 10.3. The lowest BCUT2D eigenvalue weighted by Crippen LogP contribution is -2.17. The number of nitrogens with zero attached hydrogens (tertiary/aromatic N) is 4. The summed E-state index contributed by atoms with van der Waals surface area (Å²) in [5.74, 6) is 0.761. The highest BCUT2D eigenvalue weighted by molar-refractivity contribution is 14.1. The first-order chi connectivity index (χ1) is 9.86. The predicted octanol–water partition coefficient (Wildman–Crippen LogP) is 2.23. The van der Waals surface area contributed by atoms with Gasteiger partial charge >= 0.3 is 0 Å². The Morgan fingerprint density at radius 3 is 2.71 bits per heavy atom. The van der Waals surface area contributed by atoms with Gasteiger partial charge in [-0.05, 0) is 54.6 Å². The average Bonchev–Trinajstić information content (AvgIpc) is 2.77. The third-order valence-electron chi connectivity index (χ3n) is 3.10. The Morgan fingerprint density at radius 1 is 1.29 bits per heavy atom. The van der Waals surface area contributed by atoms with Crippen LogP contribution in [-0.4, -0.2) is 24.9 Å². The number of aromatic nitrogens is 4. The Labute approximate surface area is 135 Å². The van der Waals surface area contributed by atoms with Crippen molar-refractivity contribution in [2.24, 2.45) is 0 Å². The Hall–Kier alpha value is -1.74. The van der Waals surface area contributed by atoms with E-state index in [2.05, 4.69) is 37.7 Å². The van der Waals surface area contributed by atoms with Crippen molar-refractivity contribution < 1.29 is 5.11 Å². The van der Waals surface area contributed by atoms with E-state index in [1.165, 1.54) is 0 Å². The molecule has 0 radical (unpaired) electrons. The van der Waals surface area contributed by atoms with Gasteiger partial charge in [0.05, 0.1) is 5.52 Å². The fraction of sp³-hybridized carbons (Fsp3) is 0.214. The number of aliphatic hydroxyl groups is 1. The van der Waals surface area contributed by atoms with Gasteiger partial charge in [0.15, 0.2) is 5.82 Å². The number of nitrogen functional groups attached to an aromatic ring is 1. The molecule has 3 aromatic rings. The SMILES string of the molecule is CC(C)(O)c1nn(-c2ccnc(N)n2)c2cc(I)ccc12. The van der Waals surface area contributed by atoms with Gasteiger partial charge in [-0.3, -0.25) is 0 Å². The van der Waals surface area contributed by atoms with Crippen LogP contribution in [0.3, 0.4) is 0 Å². The van der Waals surface area contributed by atoms with Gasteiger partial charge in [-0.1, -0.05) is 0 Å². The van der Waals surface area contributed by atoms with Crippen LogP contribution in [0.2, 0.25) is 0 Å². The predicted molar refractivity (Wildman–Crippen MR) is 89.0 cm³/mol. The molecule has 0 spiro atoms. The number of hydrogen-bond donors (Lipinski definition) is 2. The normalized spacial score (nSPS) is 12.0. The molecule has 1 aromatic carbocycles. The topological polar surface area (TPSA) is 89.9 Å². The van der Waals surface area contributed by atoms with Crippen molar-refractivity contribution >= 4 is 39.4 Å². The summed E-state index contributed by atoms with van der Waals surface area (Å²) < 4.78 is 2.76. The summed E-state index contributed by atoms with van der Waals surface area (Å²) >= 11 is 2.24. The van der Waals surface area contributed by atoms with E-state index in [1.54, 1.807) is 30.8 Å². The van der Waals surface area contributed by atoms with Crippen LogP contribution in [0.25, 0.3) is 16.7 Å². The third-order valence-corrected chi connectivity index (χ3v) is 3.77. The van der Waals surface area contributed by atoms with Gasteiger partial charge < -0.3 is 10.8 Å². The molecule has 0 fully saturated rings. The molecule has 0 saturated heterocycles. The number of rotatable bonds is 2. The molecule has 2 aromatic heterocycles. The lowest BCUT2D eigenvalue weighted by molar-refractivity contribution is 0.0749. The highest BCUT2D eigenvalue weighted by atomic mass is 127. The molecule has 0 aliphatic rings. The summed E-state index contributed by atoms with van der Waals surface area (Å²) in [5, 5.41) is 15.8. The van der Waals surface area contributed by atoms with Crippen molar-refractivity contribution in [1.82, 2.24) is 19.7 Å². The molecule has 0 atom stereocenters. The van der Waals surface area contributed by atoms with Gasteiger partial charge in [-0.2, -0.15) is 10.1 Å². The highest BCUT2D eigenvalue weighted by Gasteiger charge is 2.25. The summed E-state index contributed by atoms with van der Waals surface area (Å²) in [6.45, 7) is 3.43. The molecule has 0 bridgehead atoms. The third kappa shape index (κ3) is 2.58. The van der Waals surface area contributed by atoms with E-state index in [0.29, 0.717) is 11.5 Å². The Balaban J connectivity index is 2.35. The van der Waals surface area contributed by atoms with Crippen LogP contribution in [-0.2, 0) is 5.60 Å². The maximum Gasteiger partial charge on any atom is 0.221 e. The molecule has 0 amide bonds. The summed E-state index contributed by atoms with van der Waals surface area (Å²) in [5.41, 5.74) is 6.08. The smallest absolute Gasteiger partial charge is 0.221 e. The van der Waals surface area contributed by atoms with Crippen molar-refractivity contribution in [3.8, 4) is 5.82 Å². The number of fused-ring (bicyclic) bond motifs is 1. The molecule has 0 aliphatic carbocycles. The minimum Gasteiger partial charge on any atom is -0.384 e. The molecule has 108 valence electrons. The van der Waals surface area contributed by atoms with Crippen LogP contribution >= 0.6 is 22.6 Å². The molecule has 0 unspecified atom stereocenters. The van der Waals surface area contributed by atoms with Gasteiger partial charge in [-0.15, -0.1) is 0 Å². The van der Waals surface area contributed by atoms with Crippen LogP contribution in [0.15, 0.2) is 30.5 Å². The van der Waals surface area contributed by atoms with Crippen LogP contribution in [0, 0.1) is 3.57 Å². The molecular weight excluding hydrogens is 381 g/mol. The zero-order valence-corrected chi connectivity index (χ0v) is 13.7. The van der Waals surface area contributed by atoms with Crippen molar-refractivity contribution in [3.05, 3.63) is 39.7 Å². The largest absolute Gasteiger partial charge is 0.384 e. The van der Waals surface area contributed by atoms with E-state index in [4.69, 9.17) is 5.73 Å². The fourth-order valence-electron chi connectivity index (χ4n) is 2.20. The Kier molecular flexibility index (Phi) is 3.33.